The number of carboxylic acids is 1. The van der Waals surface area contributed by atoms with Crippen LogP contribution in [0.2, 0.25) is 0 Å². The van der Waals surface area contributed by atoms with Gasteiger partial charge >= 0.3 is 5.97 Å². The minimum absolute atomic E-state index is 0.0215. The maximum atomic E-state index is 12.8. The summed E-state index contributed by atoms with van der Waals surface area (Å²) in [6.07, 6.45) is 2.82. The molecule has 13 heteroatoms. The number of H-pyrrole nitrogens is 1. The predicted octanol–water partition coefficient (Wildman–Crippen LogP) is -2.63. The van der Waals surface area contributed by atoms with Gasteiger partial charge in [0.15, 0.2) is 0 Å². The van der Waals surface area contributed by atoms with E-state index in [9.17, 15) is 24.0 Å². The number of nitrogens with one attached hydrogen (secondary N) is 4. The minimum Gasteiger partial charge on any atom is -0.480 e. The van der Waals surface area contributed by atoms with Crippen LogP contribution in [0.4, 0.5) is 0 Å². The molecule has 0 saturated carbocycles. The van der Waals surface area contributed by atoms with Crippen molar-refractivity contribution in [1.82, 2.24) is 25.9 Å². The third-order valence-electron chi connectivity index (χ3n) is 4.31. The summed E-state index contributed by atoms with van der Waals surface area (Å²) in [5.41, 5.74) is 11.3. The van der Waals surface area contributed by atoms with Crippen molar-refractivity contribution in [2.45, 2.75) is 51.2 Å². The predicted molar refractivity (Wildman–Crippen MR) is 108 cm³/mol. The first kappa shape index (κ1) is 25.6. The molecule has 9 N–H and O–H groups in total. The van der Waals surface area contributed by atoms with Crippen molar-refractivity contribution in [2.75, 3.05) is 6.54 Å². The van der Waals surface area contributed by atoms with Crippen molar-refractivity contribution in [3.63, 3.8) is 0 Å². The summed E-state index contributed by atoms with van der Waals surface area (Å²) < 4.78 is 0. The van der Waals surface area contributed by atoms with Crippen molar-refractivity contribution in [3.8, 4) is 0 Å². The lowest BCUT2D eigenvalue weighted by atomic mass is 10.0. The largest absolute Gasteiger partial charge is 0.480 e. The zero-order valence-electron chi connectivity index (χ0n) is 17.4. The molecule has 0 aliphatic carbocycles. The molecule has 0 spiro atoms. The van der Waals surface area contributed by atoms with Crippen LogP contribution in [0, 0.1) is 5.92 Å². The van der Waals surface area contributed by atoms with E-state index < -0.39 is 54.3 Å². The Kier molecular flexibility index (Phi) is 10.1. The smallest absolute Gasteiger partial charge is 0.322 e. The van der Waals surface area contributed by atoms with Crippen molar-refractivity contribution >= 4 is 29.6 Å². The highest BCUT2D eigenvalue weighted by atomic mass is 16.4. The topological polar surface area (TPSA) is 222 Å². The van der Waals surface area contributed by atoms with E-state index in [2.05, 4.69) is 25.9 Å². The number of hydrogen-bond acceptors (Lipinski definition) is 7. The van der Waals surface area contributed by atoms with Gasteiger partial charge < -0.3 is 37.5 Å². The van der Waals surface area contributed by atoms with Gasteiger partial charge in [0.2, 0.25) is 23.6 Å². The molecule has 3 unspecified atom stereocenters. The van der Waals surface area contributed by atoms with Gasteiger partial charge in [0.1, 0.15) is 18.6 Å². The van der Waals surface area contributed by atoms with Gasteiger partial charge in [-0.1, -0.05) is 13.8 Å². The number of aliphatic carboxylic acids is 1. The zero-order chi connectivity index (χ0) is 23.6. The van der Waals surface area contributed by atoms with Gasteiger partial charge in [-0.3, -0.25) is 24.0 Å². The number of imidazole rings is 1. The summed E-state index contributed by atoms with van der Waals surface area (Å²) in [7, 11) is 0. The van der Waals surface area contributed by atoms with E-state index in [0.717, 1.165) is 0 Å². The fraction of sp³-hybridized carbons (Fsp3) is 0.556. The number of primary amides is 1. The second-order valence-electron chi connectivity index (χ2n) is 7.30. The summed E-state index contributed by atoms with van der Waals surface area (Å²) in [5.74, 6) is -4.21. The van der Waals surface area contributed by atoms with Gasteiger partial charge in [-0.25, -0.2) is 4.98 Å². The Hall–Kier alpha value is -3.48. The van der Waals surface area contributed by atoms with Gasteiger partial charge in [0.05, 0.1) is 12.4 Å². The van der Waals surface area contributed by atoms with E-state index in [0.29, 0.717) is 5.69 Å². The van der Waals surface area contributed by atoms with E-state index >= 15 is 0 Å². The second kappa shape index (κ2) is 12.3. The molecule has 0 bridgehead atoms. The summed E-state index contributed by atoms with van der Waals surface area (Å²) in [5, 5.41) is 16.0. The Bertz CT molecular complexity index is 780. The Morgan fingerprint density at radius 1 is 1.13 bits per heavy atom. The average molecular weight is 439 g/mol. The molecule has 1 rings (SSSR count). The first-order valence-electron chi connectivity index (χ1n) is 9.62. The number of aromatic amines is 1. The van der Waals surface area contributed by atoms with E-state index in [1.165, 1.54) is 12.5 Å². The highest BCUT2D eigenvalue weighted by Gasteiger charge is 2.30. The van der Waals surface area contributed by atoms with Crippen molar-refractivity contribution in [1.29, 1.82) is 0 Å². The lowest BCUT2D eigenvalue weighted by molar-refractivity contribution is -0.138. The van der Waals surface area contributed by atoms with Crippen LogP contribution in [0.1, 0.15) is 32.4 Å². The molecular formula is C18H29N7O6. The van der Waals surface area contributed by atoms with Gasteiger partial charge in [-0.15, -0.1) is 0 Å². The number of aromatic nitrogens is 2. The third-order valence-corrected chi connectivity index (χ3v) is 4.31. The number of nitrogens with two attached hydrogens (primary N) is 2. The Morgan fingerprint density at radius 2 is 1.81 bits per heavy atom. The van der Waals surface area contributed by atoms with Crippen LogP contribution in [0.25, 0.3) is 0 Å². The van der Waals surface area contributed by atoms with E-state index in [4.69, 9.17) is 16.6 Å². The average Bonchev–Trinajstić information content (AvgIpc) is 3.20. The molecule has 0 aliphatic rings. The summed E-state index contributed by atoms with van der Waals surface area (Å²) in [6.45, 7) is 2.76. The normalized spacial score (nSPS) is 13.7. The standard InChI is InChI=1S/C18H29N7O6/c1-9(2)15(25-16(29)11(19)3-4-13(20)26)18(31)24-12(5-10-6-21-8-23-10)17(30)22-7-14(27)28/h6,8-9,11-12,15H,3-5,7,19H2,1-2H3,(H2,20,26)(H,21,23)(H,22,30)(H,24,31)(H,25,29)(H,27,28). The highest BCUT2D eigenvalue weighted by molar-refractivity contribution is 5.94. The molecule has 0 aromatic carbocycles. The molecule has 1 heterocycles. The van der Waals surface area contributed by atoms with Crippen LogP contribution in [0.5, 0.6) is 0 Å². The Balaban J connectivity index is 2.87. The fourth-order valence-electron chi connectivity index (χ4n) is 2.60. The van der Waals surface area contributed by atoms with Gasteiger partial charge in [-0.05, 0) is 12.3 Å². The zero-order valence-corrected chi connectivity index (χ0v) is 17.4. The van der Waals surface area contributed by atoms with E-state index in [-0.39, 0.29) is 25.2 Å². The number of carbonyl (C=O) groups is 5. The number of rotatable bonds is 13. The molecule has 0 fully saturated rings. The maximum Gasteiger partial charge on any atom is 0.322 e. The monoisotopic (exact) mass is 439 g/mol. The fourth-order valence-corrected chi connectivity index (χ4v) is 2.60. The number of carboxylic acid groups (broad SMARTS) is 1. The Morgan fingerprint density at radius 3 is 2.32 bits per heavy atom. The molecule has 31 heavy (non-hydrogen) atoms. The molecule has 1 aromatic heterocycles. The molecule has 172 valence electrons. The molecule has 4 amide bonds. The minimum atomic E-state index is -1.24. The first-order valence-corrected chi connectivity index (χ1v) is 9.62. The second-order valence-corrected chi connectivity index (χ2v) is 7.30. The lowest BCUT2D eigenvalue weighted by Gasteiger charge is -2.26. The number of nitrogens with zero attached hydrogens (tertiary/aromatic N) is 1. The molecule has 3 atom stereocenters. The Labute approximate surface area is 178 Å². The van der Waals surface area contributed by atoms with Gasteiger partial charge in [0, 0.05) is 24.7 Å². The molecule has 0 aliphatic heterocycles. The van der Waals surface area contributed by atoms with Crippen molar-refractivity contribution in [2.24, 2.45) is 17.4 Å². The summed E-state index contributed by atoms with van der Waals surface area (Å²) >= 11 is 0. The van der Waals surface area contributed by atoms with Crippen LogP contribution in [0.3, 0.4) is 0 Å². The van der Waals surface area contributed by atoms with Crippen LogP contribution < -0.4 is 27.4 Å². The van der Waals surface area contributed by atoms with Gasteiger partial charge in [-0.2, -0.15) is 0 Å². The molecule has 1 aromatic rings. The van der Waals surface area contributed by atoms with E-state index in [1.54, 1.807) is 13.8 Å². The third kappa shape index (κ3) is 9.25. The van der Waals surface area contributed by atoms with Gasteiger partial charge in [0.25, 0.3) is 0 Å². The van der Waals surface area contributed by atoms with Crippen LogP contribution in [-0.4, -0.2) is 69.3 Å². The van der Waals surface area contributed by atoms with Crippen molar-refractivity contribution < 1.29 is 29.1 Å². The van der Waals surface area contributed by atoms with Crippen LogP contribution in [0.15, 0.2) is 12.5 Å². The van der Waals surface area contributed by atoms with E-state index in [1.807, 2.05) is 0 Å². The maximum absolute atomic E-state index is 12.8. The SMILES string of the molecule is CC(C)C(NC(=O)C(N)CCC(N)=O)C(=O)NC(Cc1cnc[nH]1)C(=O)NCC(=O)O. The molecular weight excluding hydrogens is 410 g/mol. The summed E-state index contributed by atoms with van der Waals surface area (Å²) in [6, 6.07) is -3.18. The molecule has 0 radical (unpaired) electrons. The van der Waals surface area contributed by atoms with Crippen LogP contribution >= 0.6 is 0 Å². The van der Waals surface area contributed by atoms with Crippen molar-refractivity contribution in [3.05, 3.63) is 18.2 Å². The number of carbonyl (C=O) groups excluding carboxylic acids is 4. The molecule has 0 saturated heterocycles. The first-order chi connectivity index (χ1) is 14.5. The highest BCUT2D eigenvalue weighted by Crippen LogP contribution is 2.06. The summed E-state index contributed by atoms with van der Waals surface area (Å²) in [4.78, 5) is 65.8. The number of amides is 4. The van der Waals surface area contributed by atoms with Crippen LogP contribution in [-0.2, 0) is 30.4 Å². The quantitative estimate of drug-likeness (QED) is 0.172. The molecule has 13 nitrogen and oxygen atoms in total. The lowest BCUT2D eigenvalue weighted by Crippen LogP contribution is -2.58. The number of hydrogen-bond donors (Lipinski definition) is 7.